The van der Waals surface area contributed by atoms with Crippen molar-refractivity contribution >= 4 is 0 Å². The Morgan fingerprint density at radius 2 is 1.79 bits per heavy atom. The molecule has 0 atom stereocenters. The Morgan fingerprint density at radius 1 is 1.07 bits per heavy atom. The first-order chi connectivity index (χ1) is 6.76. The Labute approximate surface area is 84.6 Å². The third-order valence-corrected chi connectivity index (χ3v) is 1.73. The van der Waals surface area contributed by atoms with Crippen LogP contribution < -0.4 is 9.47 Å². The average molecular weight is 195 g/mol. The first kappa shape index (κ1) is 10.9. The summed E-state index contributed by atoms with van der Waals surface area (Å²) >= 11 is 0. The first-order valence-electron chi connectivity index (χ1n) is 4.39. The lowest BCUT2D eigenvalue weighted by atomic mass is 10.2. The van der Waals surface area contributed by atoms with Gasteiger partial charge < -0.3 is 14.2 Å². The van der Waals surface area contributed by atoms with E-state index in [1.807, 2.05) is 18.2 Å². The van der Waals surface area contributed by atoms with Gasteiger partial charge in [-0.1, -0.05) is 0 Å². The van der Waals surface area contributed by atoms with E-state index in [0.29, 0.717) is 13.2 Å². The molecular formula is C11H15O3. The van der Waals surface area contributed by atoms with Gasteiger partial charge in [0.25, 0.3) is 0 Å². The number of ether oxygens (including phenoxy) is 3. The van der Waals surface area contributed by atoms with Crippen molar-refractivity contribution in [2.75, 3.05) is 27.4 Å². The Morgan fingerprint density at radius 3 is 2.43 bits per heavy atom. The fourth-order valence-electron chi connectivity index (χ4n) is 1.07. The number of hydrogen-bond donors (Lipinski definition) is 0. The summed E-state index contributed by atoms with van der Waals surface area (Å²) in [7, 11) is 3.26. The van der Waals surface area contributed by atoms with Crippen molar-refractivity contribution in [2.24, 2.45) is 0 Å². The van der Waals surface area contributed by atoms with Crippen molar-refractivity contribution in [1.82, 2.24) is 0 Å². The summed E-state index contributed by atoms with van der Waals surface area (Å²) in [6.07, 6.45) is 0. The maximum atomic E-state index is 5.42. The quantitative estimate of drug-likeness (QED) is 0.672. The van der Waals surface area contributed by atoms with Gasteiger partial charge in [0, 0.05) is 13.2 Å². The molecule has 0 fully saturated rings. The van der Waals surface area contributed by atoms with Gasteiger partial charge in [-0.15, -0.1) is 0 Å². The van der Waals surface area contributed by atoms with Gasteiger partial charge in [0.05, 0.1) is 13.7 Å². The van der Waals surface area contributed by atoms with Crippen LogP contribution in [0.1, 0.15) is 5.56 Å². The second-order valence-corrected chi connectivity index (χ2v) is 2.86. The van der Waals surface area contributed by atoms with Crippen molar-refractivity contribution in [1.29, 1.82) is 0 Å². The lowest BCUT2D eigenvalue weighted by Crippen LogP contribution is -2.04. The maximum absolute atomic E-state index is 5.42. The van der Waals surface area contributed by atoms with E-state index in [1.165, 1.54) is 0 Å². The minimum Gasteiger partial charge on any atom is -0.497 e. The highest BCUT2D eigenvalue weighted by Crippen LogP contribution is 2.21. The Hall–Kier alpha value is -1.22. The van der Waals surface area contributed by atoms with E-state index in [9.17, 15) is 0 Å². The SMILES string of the molecule is [CH2]c1cc(OC)cc(OCCOC)c1. The molecule has 1 rings (SSSR count). The second-order valence-electron chi connectivity index (χ2n) is 2.86. The Kier molecular flexibility index (Phi) is 4.26. The normalized spacial score (nSPS) is 9.93. The molecule has 1 aromatic carbocycles. The van der Waals surface area contributed by atoms with E-state index in [-0.39, 0.29) is 0 Å². The molecule has 0 spiro atoms. The third-order valence-electron chi connectivity index (χ3n) is 1.73. The van der Waals surface area contributed by atoms with Crippen molar-refractivity contribution in [3.05, 3.63) is 30.7 Å². The summed E-state index contributed by atoms with van der Waals surface area (Å²) in [4.78, 5) is 0. The van der Waals surface area contributed by atoms with E-state index in [1.54, 1.807) is 14.2 Å². The molecule has 0 aliphatic rings. The molecule has 0 saturated heterocycles. The fraction of sp³-hybridized carbons (Fsp3) is 0.364. The fourth-order valence-corrected chi connectivity index (χ4v) is 1.07. The van der Waals surface area contributed by atoms with Gasteiger partial charge in [0.1, 0.15) is 18.1 Å². The molecule has 0 heterocycles. The van der Waals surface area contributed by atoms with E-state index < -0.39 is 0 Å². The van der Waals surface area contributed by atoms with Gasteiger partial charge in [0.2, 0.25) is 0 Å². The summed E-state index contributed by atoms with van der Waals surface area (Å²) in [5.74, 6) is 1.51. The van der Waals surface area contributed by atoms with Crippen molar-refractivity contribution in [2.45, 2.75) is 0 Å². The molecule has 0 amide bonds. The molecule has 14 heavy (non-hydrogen) atoms. The summed E-state index contributed by atoms with van der Waals surface area (Å²) in [5, 5.41) is 0. The number of methoxy groups -OCH3 is 2. The van der Waals surface area contributed by atoms with Crippen LogP contribution >= 0.6 is 0 Å². The Balaban J connectivity index is 2.62. The summed E-state index contributed by atoms with van der Waals surface area (Å²) < 4.78 is 15.4. The van der Waals surface area contributed by atoms with Gasteiger partial charge in [-0.3, -0.25) is 0 Å². The van der Waals surface area contributed by atoms with Crippen LogP contribution in [-0.2, 0) is 4.74 Å². The minimum atomic E-state index is 0.531. The molecule has 1 radical (unpaired) electrons. The number of rotatable bonds is 5. The molecule has 0 aliphatic carbocycles. The molecule has 77 valence electrons. The molecule has 0 aromatic heterocycles. The zero-order valence-corrected chi connectivity index (χ0v) is 8.58. The van der Waals surface area contributed by atoms with Crippen LogP contribution in [0.25, 0.3) is 0 Å². The van der Waals surface area contributed by atoms with Crippen LogP contribution in [0.4, 0.5) is 0 Å². The lowest BCUT2D eigenvalue weighted by Gasteiger charge is -2.08. The van der Waals surface area contributed by atoms with Crippen molar-refractivity contribution < 1.29 is 14.2 Å². The van der Waals surface area contributed by atoms with E-state index in [2.05, 4.69) is 6.92 Å². The molecule has 3 heteroatoms. The van der Waals surface area contributed by atoms with Crippen molar-refractivity contribution in [3.63, 3.8) is 0 Å². The standard InChI is InChI=1S/C11H15O3/c1-9-6-10(13-3)8-11(7-9)14-5-4-12-2/h6-8H,1,4-5H2,2-3H3. The van der Waals surface area contributed by atoms with Gasteiger partial charge in [-0.05, 0) is 24.6 Å². The molecule has 0 unspecified atom stereocenters. The van der Waals surface area contributed by atoms with E-state index in [0.717, 1.165) is 17.1 Å². The highest BCUT2D eigenvalue weighted by atomic mass is 16.5. The monoisotopic (exact) mass is 195 g/mol. The second kappa shape index (κ2) is 5.50. The van der Waals surface area contributed by atoms with Crippen LogP contribution in [0, 0.1) is 6.92 Å². The summed E-state index contributed by atoms with van der Waals surface area (Å²) in [5.41, 5.74) is 0.872. The molecule has 3 nitrogen and oxygen atoms in total. The molecule has 1 aromatic rings. The third kappa shape index (κ3) is 3.26. The maximum Gasteiger partial charge on any atom is 0.123 e. The number of benzene rings is 1. The molecule has 0 N–H and O–H groups in total. The highest BCUT2D eigenvalue weighted by molar-refractivity contribution is 5.39. The van der Waals surface area contributed by atoms with Crippen LogP contribution in [0.5, 0.6) is 11.5 Å². The molecule has 0 saturated carbocycles. The predicted molar refractivity (Wildman–Crippen MR) is 54.8 cm³/mol. The zero-order valence-electron chi connectivity index (χ0n) is 8.58. The Bertz CT molecular complexity index is 284. The van der Waals surface area contributed by atoms with E-state index >= 15 is 0 Å². The van der Waals surface area contributed by atoms with Gasteiger partial charge in [0.15, 0.2) is 0 Å². The minimum absolute atomic E-state index is 0.531. The van der Waals surface area contributed by atoms with Crippen LogP contribution in [0.15, 0.2) is 18.2 Å². The zero-order chi connectivity index (χ0) is 10.4. The highest BCUT2D eigenvalue weighted by Gasteiger charge is 1.99. The predicted octanol–water partition coefficient (Wildman–Crippen LogP) is 1.90. The largest absolute Gasteiger partial charge is 0.497 e. The van der Waals surface area contributed by atoms with Gasteiger partial charge in [-0.2, -0.15) is 0 Å². The van der Waals surface area contributed by atoms with Crippen LogP contribution in [-0.4, -0.2) is 27.4 Å². The van der Waals surface area contributed by atoms with Crippen LogP contribution in [0.2, 0.25) is 0 Å². The molecule has 0 bridgehead atoms. The lowest BCUT2D eigenvalue weighted by molar-refractivity contribution is 0.146. The van der Waals surface area contributed by atoms with Crippen molar-refractivity contribution in [3.8, 4) is 11.5 Å². The summed E-state index contributed by atoms with van der Waals surface area (Å²) in [6.45, 7) is 4.93. The van der Waals surface area contributed by atoms with Gasteiger partial charge >= 0.3 is 0 Å². The summed E-state index contributed by atoms with van der Waals surface area (Å²) in [6, 6.07) is 5.53. The first-order valence-corrected chi connectivity index (χ1v) is 4.39. The average Bonchev–Trinajstić information content (AvgIpc) is 2.17. The molecular weight excluding hydrogens is 180 g/mol. The van der Waals surface area contributed by atoms with Gasteiger partial charge in [-0.25, -0.2) is 0 Å². The topological polar surface area (TPSA) is 27.7 Å². The number of hydrogen-bond acceptors (Lipinski definition) is 3. The van der Waals surface area contributed by atoms with E-state index in [4.69, 9.17) is 14.2 Å². The van der Waals surface area contributed by atoms with Crippen LogP contribution in [0.3, 0.4) is 0 Å². The molecule has 0 aliphatic heterocycles. The smallest absolute Gasteiger partial charge is 0.123 e.